The summed E-state index contributed by atoms with van der Waals surface area (Å²) >= 11 is 0. The molecule has 3 aromatic rings. The summed E-state index contributed by atoms with van der Waals surface area (Å²) in [5.41, 5.74) is 2.35. The van der Waals surface area contributed by atoms with Crippen molar-refractivity contribution >= 4 is 33.2 Å². The standard InChI is InChI=1S/C20H24N4O2/c1-20(2,23(3)4)12-13-21-19-14-8-5-6-9-15(14)22-16-10-7-11-17(18(16)19)24(25)26/h5-11H,12-13H2,1-4H3,(H,21,22). The molecule has 2 aromatic carbocycles. The molecule has 0 radical (unpaired) electrons. The molecule has 1 aromatic heterocycles. The average molecular weight is 352 g/mol. The summed E-state index contributed by atoms with van der Waals surface area (Å²) in [6, 6.07) is 12.8. The number of anilines is 1. The highest BCUT2D eigenvalue weighted by Gasteiger charge is 2.22. The van der Waals surface area contributed by atoms with E-state index in [4.69, 9.17) is 0 Å². The van der Waals surface area contributed by atoms with Crippen LogP contribution in [0.4, 0.5) is 11.4 Å². The molecule has 26 heavy (non-hydrogen) atoms. The molecular weight excluding hydrogens is 328 g/mol. The molecule has 0 aliphatic rings. The van der Waals surface area contributed by atoms with Gasteiger partial charge in [0.05, 0.1) is 21.6 Å². The van der Waals surface area contributed by atoms with E-state index in [0.29, 0.717) is 17.4 Å². The molecule has 136 valence electrons. The second-order valence-electron chi connectivity index (χ2n) is 7.32. The molecule has 0 saturated carbocycles. The number of benzene rings is 2. The van der Waals surface area contributed by atoms with Crippen molar-refractivity contribution in [1.29, 1.82) is 0 Å². The van der Waals surface area contributed by atoms with E-state index in [1.165, 1.54) is 6.07 Å². The predicted molar refractivity (Wildman–Crippen MR) is 107 cm³/mol. The summed E-state index contributed by atoms with van der Waals surface area (Å²) in [7, 11) is 4.12. The number of non-ortho nitro benzene ring substituents is 1. The number of nitrogens with zero attached hydrogens (tertiary/aromatic N) is 3. The molecule has 0 unspecified atom stereocenters. The molecule has 0 aliphatic heterocycles. The van der Waals surface area contributed by atoms with Gasteiger partial charge >= 0.3 is 0 Å². The Morgan fingerprint density at radius 3 is 2.50 bits per heavy atom. The molecule has 0 fully saturated rings. The van der Waals surface area contributed by atoms with Crippen LogP contribution in [0.5, 0.6) is 0 Å². The number of hydrogen-bond donors (Lipinski definition) is 1. The van der Waals surface area contributed by atoms with Gasteiger partial charge in [-0.25, -0.2) is 4.98 Å². The fourth-order valence-electron chi connectivity index (χ4n) is 2.98. The SMILES string of the molecule is CN(C)C(C)(C)CCNc1c2ccccc2nc2cccc([N+](=O)[O-])c12. The van der Waals surface area contributed by atoms with Crippen LogP contribution < -0.4 is 5.32 Å². The van der Waals surface area contributed by atoms with Gasteiger partial charge in [0, 0.05) is 23.5 Å². The number of nitro benzene ring substituents is 1. The maximum atomic E-state index is 11.6. The van der Waals surface area contributed by atoms with Crippen molar-refractivity contribution in [3.63, 3.8) is 0 Å². The minimum atomic E-state index is -0.340. The van der Waals surface area contributed by atoms with Crippen LogP contribution in [-0.4, -0.2) is 41.0 Å². The molecule has 1 heterocycles. The Labute approximate surface area is 153 Å². The molecule has 0 saturated heterocycles. The van der Waals surface area contributed by atoms with Crippen molar-refractivity contribution < 1.29 is 4.92 Å². The normalized spacial score (nSPS) is 12.0. The summed E-state index contributed by atoms with van der Waals surface area (Å²) in [4.78, 5) is 18.0. The van der Waals surface area contributed by atoms with Crippen molar-refractivity contribution in [2.24, 2.45) is 0 Å². The lowest BCUT2D eigenvalue weighted by Crippen LogP contribution is -2.39. The monoisotopic (exact) mass is 352 g/mol. The van der Waals surface area contributed by atoms with Crippen LogP contribution in [0.3, 0.4) is 0 Å². The molecule has 0 bridgehead atoms. The Bertz CT molecular complexity index is 967. The van der Waals surface area contributed by atoms with Gasteiger partial charge in [0.25, 0.3) is 5.69 Å². The van der Waals surface area contributed by atoms with Crippen LogP contribution in [0.15, 0.2) is 42.5 Å². The minimum Gasteiger partial charge on any atom is -0.384 e. The largest absolute Gasteiger partial charge is 0.384 e. The van der Waals surface area contributed by atoms with Crippen LogP contribution in [0, 0.1) is 10.1 Å². The fraction of sp³-hybridized carbons (Fsp3) is 0.350. The number of nitrogens with one attached hydrogen (secondary N) is 1. The quantitative estimate of drug-likeness (QED) is 0.403. The summed E-state index contributed by atoms with van der Waals surface area (Å²) < 4.78 is 0. The topological polar surface area (TPSA) is 71.3 Å². The summed E-state index contributed by atoms with van der Waals surface area (Å²) in [5.74, 6) is 0. The van der Waals surface area contributed by atoms with Crippen LogP contribution in [0.25, 0.3) is 21.8 Å². The fourth-order valence-corrected chi connectivity index (χ4v) is 2.98. The third kappa shape index (κ3) is 3.32. The zero-order valence-electron chi connectivity index (χ0n) is 15.6. The Kier molecular flexibility index (Phi) is 4.78. The zero-order chi connectivity index (χ0) is 18.9. The Morgan fingerprint density at radius 2 is 1.81 bits per heavy atom. The molecule has 6 heteroatoms. The van der Waals surface area contributed by atoms with Gasteiger partial charge in [0.1, 0.15) is 5.39 Å². The molecule has 6 nitrogen and oxygen atoms in total. The van der Waals surface area contributed by atoms with E-state index in [-0.39, 0.29) is 16.1 Å². The number of pyridine rings is 1. The zero-order valence-corrected chi connectivity index (χ0v) is 15.6. The third-order valence-corrected chi connectivity index (χ3v) is 5.13. The maximum absolute atomic E-state index is 11.6. The van der Waals surface area contributed by atoms with Crippen LogP contribution in [0.1, 0.15) is 20.3 Å². The number of hydrogen-bond acceptors (Lipinski definition) is 5. The maximum Gasteiger partial charge on any atom is 0.280 e. The summed E-state index contributed by atoms with van der Waals surface area (Å²) in [5, 5.41) is 16.5. The second kappa shape index (κ2) is 6.88. The predicted octanol–water partition coefficient (Wildman–Crippen LogP) is 4.44. The smallest absolute Gasteiger partial charge is 0.280 e. The molecule has 0 atom stereocenters. The average Bonchev–Trinajstić information content (AvgIpc) is 2.60. The van der Waals surface area contributed by atoms with Crippen molar-refractivity contribution in [2.45, 2.75) is 25.8 Å². The van der Waals surface area contributed by atoms with E-state index in [9.17, 15) is 10.1 Å². The van der Waals surface area contributed by atoms with Gasteiger partial charge in [-0.05, 0) is 46.5 Å². The van der Waals surface area contributed by atoms with Gasteiger partial charge < -0.3 is 10.2 Å². The van der Waals surface area contributed by atoms with Crippen LogP contribution >= 0.6 is 0 Å². The third-order valence-electron chi connectivity index (χ3n) is 5.13. The lowest BCUT2D eigenvalue weighted by Gasteiger charge is -2.32. The number of nitro groups is 1. The first-order valence-corrected chi connectivity index (χ1v) is 8.68. The van der Waals surface area contributed by atoms with E-state index in [1.807, 2.05) is 30.3 Å². The van der Waals surface area contributed by atoms with Gasteiger partial charge in [-0.3, -0.25) is 10.1 Å². The first-order chi connectivity index (χ1) is 12.3. The van der Waals surface area contributed by atoms with Crippen LogP contribution in [0.2, 0.25) is 0 Å². The van der Waals surface area contributed by atoms with E-state index in [2.05, 4.69) is 43.1 Å². The highest BCUT2D eigenvalue weighted by Crippen LogP contribution is 2.36. The first kappa shape index (κ1) is 18.1. The summed E-state index contributed by atoms with van der Waals surface area (Å²) in [6.07, 6.45) is 0.902. The summed E-state index contributed by atoms with van der Waals surface area (Å²) in [6.45, 7) is 5.07. The second-order valence-corrected chi connectivity index (χ2v) is 7.32. The first-order valence-electron chi connectivity index (χ1n) is 8.68. The number of fused-ring (bicyclic) bond motifs is 2. The lowest BCUT2D eigenvalue weighted by molar-refractivity contribution is -0.383. The highest BCUT2D eigenvalue weighted by atomic mass is 16.6. The Hall–Kier alpha value is -2.73. The van der Waals surface area contributed by atoms with E-state index in [0.717, 1.165) is 23.0 Å². The number of aromatic nitrogens is 1. The van der Waals surface area contributed by atoms with Crippen LogP contribution in [-0.2, 0) is 0 Å². The molecule has 3 rings (SSSR count). The van der Waals surface area contributed by atoms with E-state index >= 15 is 0 Å². The molecule has 0 amide bonds. The number of rotatable bonds is 6. The lowest BCUT2D eigenvalue weighted by atomic mass is 9.99. The Balaban J connectivity index is 2.12. The van der Waals surface area contributed by atoms with Gasteiger partial charge in [-0.1, -0.05) is 24.3 Å². The molecular formula is C20H24N4O2. The van der Waals surface area contributed by atoms with Gasteiger partial charge in [-0.15, -0.1) is 0 Å². The minimum absolute atomic E-state index is 0.0254. The number of para-hydroxylation sites is 1. The van der Waals surface area contributed by atoms with Gasteiger partial charge in [0.15, 0.2) is 0 Å². The van der Waals surface area contributed by atoms with Crippen molar-refractivity contribution in [3.05, 3.63) is 52.6 Å². The van der Waals surface area contributed by atoms with Crippen molar-refractivity contribution in [2.75, 3.05) is 26.0 Å². The molecule has 0 aliphatic carbocycles. The van der Waals surface area contributed by atoms with E-state index in [1.54, 1.807) is 6.07 Å². The Morgan fingerprint density at radius 1 is 1.12 bits per heavy atom. The molecule has 0 spiro atoms. The van der Waals surface area contributed by atoms with Gasteiger partial charge in [0.2, 0.25) is 0 Å². The van der Waals surface area contributed by atoms with Crippen molar-refractivity contribution in [1.82, 2.24) is 9.88 Å². The highest BCUT2D eigenvalue weighted by molar-refractivity contribution is 6.11. The van der Waals surface area contributed by atoms with Crippen molar-refractivity contribution in [3.8, 4) is 0 Å². The van der Waals surface area contributed by atoms with Gasteiger partial charge in [-0.2, -0.15) is 0 Å². The molecule has 1 N–H and O–H groups in total. The van der Waals surface area contributed by atoms with E-state index < -0.39 is 0 Å².